The average molecular weight is 247 g/mol. The summed E-state index contributed by atoms with van der Waals surface area (Å²) in [4.78, 5) is 11.6. The molecule has 4 heteroatoms. The average Bonchev–Trinajstić information content (AvgIpc) is 2.65. The molecule has 0 saturated heterocycles. The lowest BCUT2D eigenvalue weighted by Gasteiger charge is -2.07. The van der Waals surface area contributed by atoms with Gasteiger partial charge in [0.1, 0.15) is 0 Å². The summed E-state index contributed by atoms with van der Waals surface area (Å²) in [6.45, 7) is 2.02. The monoisotopic (exact) mass is 247 g/mol. The van der Waals surface area contributed by atoms with Crippen molar-refractivity contribution in [3.63, 3.8) is 0 Å². The van der Waals surface area contributed by atoms with Gasteiger partial charge in [0.25, 0.3) is 0 Å². The number of thiophene rings is 1. The van der Waals surface area contributed by atoms with Crippen molar-refractivity contribution < 1.29 is 9.90 Å². The summed E-state index contributed by atoms with van der Waals surface area (Å²) in [6, 6.07) is 9.90. The Balaban J connectivity index is 2.18. The number of hydrogen-bond acceptors (Lipinski definition) is 3. The molecule has 0 aliphatic heterocycles. The maximum absolute atomic E-state index is 10.7. The molecule has 2 N–H and O–H groups in total. The van der Waals surface area contributed by atoms with E-state index in [2.05, 4.69) is 5.32 Å². The molecule has 2 rings (SSSR count). The van der Waals surface area contributed by atoms with Gasteiger partial charge in [-0.2, -0.15) is 0 Å². The standard InChI is InChI=1S/C13H13NO2S/c1-9-3-2-4-10(7-9)14-11-5-6-17-12(11)8-13(15)16/h2-7,14H,8H2,1H3,(H,15,16). The second-order valence-electron chi connectivity index (χ2n) is 3.82. The summed E-state index contributed by atoms with van der Waals surface area (Å²) in [7, 11) is 0. The van der Waals surface area contributed by atoms with Crippen molar-refractivity contribution in [3.05, 3.63) is 46.2 Å². The molecule has 0 bridgehead atoms. The van der Waals surface area contributed by atoms with E-state index in [1.54, 1.807) is 0 Å². The molecule has 0 atom stereocenters. The Morgan fingerprint density at radius 2 is 2.24 bits per heavy atom. The smallest absolute Gasteiger partial charge is 0.308 e. The van der Waals surface area contributed by atoms with Crippen LogP contribution in [0.5, 0.6) is 0 Å². The molecule has 0 radical (unpaired) electrons. The highest BCUT2D eigenvalue weighted by Crippen LogP contribution is 2.26. The summed E-state index contributed by atoms with van der Waals surface area (Å²) in [5, 5.41) is 13.9. The Hall–Kier alpha value is -1.81. The van der Waals surface area contributed by atoms with Crippen LogP contribution in [0, 0.1) is 6.92 Å². The molecule has 0 aliphatic rings. The minimum absolute atomic E-state index is 0.0613. The summed E-state index contributed by atoms with van der Waals surface area (Å²) in [6.07, 6.45) is 0.0613. The van der Waals surface area contributed by atoms with Crippen molar-refractivity contribution in [3.8, 4) is 0 Å². The van der Waals surface area contributed by atoms with E-state index in [0.29, 0.717) is 0 Å². The third-order valence-corrected chi connectivity index (χ3v) is 3.28. The number of benzene rings is 1. The Morgan fingerprint density at radius 1 is 1.41 bits per heavy atom. The van der Waals surface area contributed by atoms with E-state index >= 15 is 0 Å². The zero-order valence-corrected chi connectivity index (χ0v) is 10.3. The lowest BCUT2D eigenvalue weighted by molar-refractivity contribution is -0.136. The van der Waals surface area contributed by atoms with Crippen molar-refractivity contribution in [2.45, 2.75) is 13.3 Å². The number of aryl methyl sites for hydroxylation is 1. The largest absolute Gasteiger partial charge is 0.481 e. The number of hydrogen-bond donors (Lipinski definition) is 2. The van der Waals surface area contributed by atoms with Gasteiger partial charge in [-0.15, -0.1) is 11.3 Å². The fourth-order valence-corrected chi connectivity index (χ4v) is 2.43. The van der Waals surface area contributed by atoms with Crippen LogP contribution < -0.4 is 5.32 Å². The highest BCUT2D eigenvalue weighted by atomic mass is 32.1. The first-order valence-electron chi connectivity index (χ1n) is 5.27. The first kappa shape index (κ1) is 11.7. The van der Waals surface area contributed by atoms with Gasteiger partial charge >= 0.3 is 5.97 Å². The Kier molecular flexibility index (Phi) is 3.44. The molecule has 3 nitrogen and oxygen atoms in total. The van der Waals surface area contributed by atoms with Crippen LogP contribution >= 0.6 is 11.3 Å². The van der Waals surface area contributed by atoms with Gasteiger partial charge in [0.2, 0.25) is 0 Å². The van der Waals surface area contributed by atoms with Crippen LogP contribution in [0.1, 0.15) is 10.4 Å². The van der Waals surface area contributed by atoms with Crippen LogP contribution in [0.2, 0.25) is 0 Å². The van der Waals surface area contributed by atoms with Crippen LogP contribution in [-0.4, -0.2) is 11.1 Å². The van der Waals surface area contributed by atoms with Gasteiger partial charge in [-0.25, -0.2) is 0 Å². The predicted molar refractivity (Wildman–Crippen MR) is 70.1 cm³/mol. The number of rotatable bonds is 4. The first-order valence-corrected chi connectivity index (χ1v) is 6.15. The van der Waals surface area contributed by atoms with E-state index in [1.807, 2.05) is 42.6 Å². The lowest BCUT2D eigenvalue weighted by Crippen LogP contribution is -2.00. The second kappa shape index (κ2) is 5.01. The van der Waals surface area contributed by atoms with Gasteiger partial charge in [-0.05, 0) is 36.1 Å². The van der Waals surface area contributed by atoms with Crippen molar-refractivity contribution in [2.75, 3.05) is 5.32 Å². The van der Waals surface area contributed by atoms with E-state index < -0.39 is 5.97 Å². The lowest BCUT2D eigenvalue weighted by atomic mass is 10.2. The van der Waals surface area contributed by atoms with Crippen LogP contribution in [0.4, 0.5) is 11.4 Å². The third kappa shape index (κ3) is 3.07. The predicted octanol–water partition coefficient (Wildman–Crippen LogP) is 3.43. The van der Waals surface area contributed by atoms with Gasteiger partial charge in [0.05, 0.1) is 12.1 Å². The molecule has 2 aromatic rings. The van der Waals surface area contributed by atoms with E-state index in [0.717, 1.165) is 16.3 Å². The molecule has 0 spiro atoms. The molecule has 0 amide bonds. The number of carbonyl (C=O) groups is 1. The molecular formula is C13H13NO2S. The third-order valence-electron chi connectivity index (χ3n) is 2.35. The molecule has 1 aromatic carbocycles. The molecule has 17 heavy (non-hydrogen) atoms. The number of nitrogens with one attached hydrogen (secondary N) is 1. The molecule has 88 valence electrons. The topological polar surface area (TPSA) is 49.3 Å². The summed E-state index contributed by atoms with van der Waals surface area (Å²) >= 11 is 1.46. The van der Waals surface area contributed by atoms with Crippen molar-refractivity contribution in [1.82, 2.24) is 0 Å². The fourth-order valence-electron chi connectivity index (χ4n) is 1.60. The Morgan fingerprint density at radius 3 is 2.94 bits per heavy atom. The highest BCUT2D eigenvalue weighted by molar-refractivity contribution is 7.10. The van der Waals surface area contributed by atoms with Crippen LogP contribution in [0.15, 0.2) is 35.7 Å². The van der Waals surface area contributed by atoms with Gasteiger partial charge in [-0.1, -0.05) is 12.1 Å². The van der Waals surface area contributed by atoms with E-state index in [1.165, 1.54) is 16.9 Å². The summed E-state index contributed by atoms with van der Waals surface area (Å²) in [5.41, 5.74) is 3.03. The Bertz CT molecular complexity index is 534. The number of aliphatic carboxylic acids is 1. The van der Waals surface area contributed by atoms with Gasteiger partial charge in [0.15, 0.2) is 0 Å². The normalized spacial score (nSPS) is 10.2. The minimum Gasteiger partial charge on any atom is -0.481 e. The number of carboxylic acids is 1. The zero-order chi connectivity index (χ0) is 12.3. The van der Waals surface area contributed by atoms with Crippen molar-refractivity contribution >= 4 is 28.7 Å². The molecule has 0 aliphatic carbocycles. The molecule has 0 saturated carbocycles. The van der Waals surface area contributed by atoms with Crippen LogP contribution in [0.25, 0.3) is 0 Å². The Labute approximate surface area is 104 Å². The summed E-state index contributed by atoms with van der Waals surface area (Å²) in [5.74, 6) is -0.806. The summed E-state index contributed by atoms with van der Waals surface area (Å²) < 4.78 is 0. The molecule has 1 aromatic heterocycles. The number of anilines is 2. The zero-order valence-electron chi connectivity index (χ0n) is 9.43. The fraction of sp³-hybridized carbons (Fsp3) is 0.154. The molecular weight excluding hydrogens is 234 g/mol. The van der Waals surface area contributed by atoms with E-state index in [4.69, 9.17) is 5.11 Å². The van der Waals surface area contributed by atoms with E-state index in [-0.39, 0.29) is 6.42 Å². The molecule has 0 fully saturated rings. The SMILES string of the molecule is Cc1cccc(Nc2ccsc2CC(=O)O)c1. The molecule has 1 heterocycles. The van der Waals surface area contributed by atoms with Crippen LogP contribution in [0.3, 0.4) is 0 Å². The van der Waals surface area contributed by atoms with Gasteiger partial charge in [0, 0.05) is 10.6 Å². The van der Waals surface area contributed by atoms with Crippen molar-refractivity contribution in [2.24, 2.45) is 0 Å². The minimum atomic E-state index is -0.806. The quantitative estimate of drug-likeness (QED) is 0.870. The highest BCUT2D eigenvalue weighted by Gasteiger charge is 2.08. The van der Waals surface area contributed by atoms with Gasteiger partial charge in [-0.3, -0.25) is 4.79 Å². The molecule has 0 unspecified atom stereocenters. The second-order valence-corrected chi connectivity index (χ2v) is 4.82. The maximum Gasteiger partial charge on any atom is 0.308 e. The maximum atomic E-state index is 10.7. The van der Waals surface area contributed by atoms with E-state index in [9.17, 15) is 4.79 Å². The van der Waals surface area contributed by atoms with Crippen LogP contribution in [-0.2, 0) is 11.2 Å². The number of carboxylic acid groups (broad SMARTS) is 1. The van der Waals surface area contributed by atoms with Crippen molar-refractivity contribution in [1.29, 1.82) is 0 Å². The van der Waals surface area contributed by atoms with Gasteiger partial charge < -0.3 is 10.4 Å². The first-order chi connectivity index (χ1) is 8.15.